The van der Waals surface area contributed by atoms with E-state index in [2.05, 4.69) is 6.92 Å². The first-order valence-corrected chi connectivity index (χ1v) is 5.08. The SMILES string of the molecule is CCCCCCC(=S)CC(C)=O. The number of rotatable bonds is 7. The Hall–Kier alpha value is -0.240. The number of Topliss-reactive ketones (excluding diaryl/α,β-unsaturated/α-hetero) is 1. The van der Waals surface area contributed by atoms with Crippen molar-refractivity contribution in [3.05, 3.63) is 0 Å². The molecule has 0 saturated carbocycles. The quantitative estimate of drug-likeness (QED) is 0.448. The summed E-state index contributed by atoms with van der Waals surface area (Å²) < 4.78 is 0. The van der Waals surface area contributed by atoms with Crippen LogP contribution in [0.4, 0.5) is 0 Å². The maximum atomic E-state index is 10.7. The summed E-state index contributed by atoms with van der Waals surface area (Å²) in [5.74, 6) is 0.190. The summed E-state index contributed by atoms with van der Waals surface area (Å²) in [6, 6.07) is 0. The molecule has 0 bridgehead atoms. The Morgan fingerprint density at radius 3 is 2.42 bits per heavy atom. The second-order valence-electron chi connectivity index (χ2n) is 3.23. The number of hydrogen-bond acceptors (Lipinski definition) is 2. The highest BCUT2D eigenvalue weighted by Crippen LogP contribution is 2.05. The average molecular weight is 186 g/mol. The van der Waals surface area contributed by atoms with Gasteiger partial charge in [-0.1, -0.05) is 38.4 Å². The molecule has 0 N–H and O–H groups in total. The Morgan fingerprint density at radius 1 is 1.25 bits per heavy atom. The van der Waals surface area contributed by atoms with Crippen LogP contribution in [0.2, 0.25) is 0 Å². The smallest absolute Gasteiger partial charge is 0.134 e. The van der Waals surface area contributed by atoms with Crippen LogP contribution in [0.15, 0.2) is 0 Å². The molecule has 0 atom stereocenters. The van der Waals surface area contributed by atoms with Gasteiger partial charge in [-0.3, -0.25) is 4.79 Å². The first kappa shape index (κ1) is 11.8. The van der Waals surface area contributed by atoms with Crippen molar-refractivity contribution in [2.75, 3.05) is 0 Å². The van der Waals surface area contributed by atoms with Crippen LogP contribution in [0.3, 0.4) is 0 Å². The van der Waals surface area contributed by atoms with Gasteiger partial charge in [0, 0.05) is 11.3 Å². The molecule has 0 aromatic carbocycles. The summed E-state index contributed by atoms with van der Waals surface area (Å²) in [7, 11) is 0. The maximum absolute atomic E-state index is 10.7. The van der Waals surface area contributed by atoms with Gasteiger partial charge in [0.15, 0.2) is 0 Å². The number of carbonyl (C=O) groups excluding carboxylic acids is 1. The lowest BCUT2D eigenvalue weighted by molar-refractivity contribution is -0.115. The second-order valence-corrected chi connectivity index (χ2v) is 3.81. The van der Waals surface area contributed by atoms with E-state index in [4.69, 9.17) is 12.2 Å². The molecule has 0 aliphatic heterocycles. The fourth-order valence-electron chi connectivity index (χ4n) is 1.11. The minimum Gasteiger partial charge on any atom is -0.300 e. The van der Waals surface area contributed by atoms with Crippen molar-refractivity contribution in [3.8, 4) is 0 Å². The molecular formula is C10H18OS. The molecule has 0 amide bonds. The zero-order valence-electron chi connectivity index (χ0n) is 8.06. The van der Waals surface area contributed by atoms with E-state index in [-0.39, 0.29) is 5.78 Å². The maximum Gasteiger partial charge on any atom is 0.134 e. The van der Waals surface area contributed by atoms with Crippen LogP contribution >= 0.6 is 12.2 Å². The highest BCUT2D eigenvalue weighted by Gasteiger charge is 1.99. The number of thiocarbonyl (C=S) groups is 1. The van der Waals surface area contributed by atoms with Crippen molar-refractivity contribution in [1.29, 1.82) is 0 Å². The predicted octanol–water partition coefficient (Wildman–Crippen LogP) is 3.31. The highest BCUT2D eigenvalue weighted by atomic mass is 32.1. The molecule has 0 aromatic rings. The zero-order chi connectivity index (χ0) is 9.40. The molecule has 2 heteroatoms. The number of carbonyl (C=O) groups is 1. The van der Waals surface area contributed by atoms with E-state index < -0.39 is 0 Å². The van der Waals surface area contributed by atoms with Gasteiger partial charge in [0.05, 0.1) is 0 Å². The van der Waals surface area contributed by atoms with Crippen LogP contribution < -0.4 is 0 Å². The Morgan fingerprint density at radius 2 is 1.92 bits per heavy atom. The summed E-state index contributed by atoms with van der Waals surface area (Å²) in [6.07, 6.45) is 6.38. The summed E-state index contributed by atoms with van der Waals surface area (Å²) in [4.78, 5) is 11.6. The van der Waals surface area contributed by atoms with E-state index in [0.717, 1.165) is 17.7 Å². The van der Waals surface area contributed by atoms with Gasteiger partial charge in [-0.25, -0.2) is 0 Å². The lowest BCUT2D eigenvalue weighted by Crippen LogP contribution is -2.01. The highest BCUT2D eigenvalue weighted by molar-refractivity contribution is 7.80. The van der Waals surface area contributed by atoms with Gasteiger partial charge < -0.3 is 0 Å². The molecule has 0 fully saturated rings. The lowest BCUT2D eigenvalue weighted by Gasteiger charge is -2.00. The standard InChI is InChI=1S/C10H18OS/c1-3-4-5-6-7-10(12)8-9(2)11/h3-8H2,1-2H3. The third kappa shape index (κ3) is 7.86. The van der Waals surface area contributed by atoms with Crippen LogP contribution in [0.1, 0.15) is 52.4 Å². The van der Waals surface area contributed by atoms with Gasteiger partial charge in [0.25, 0.3) is 0 Å². The molecule has 0 heterocycles. The first-order valence-electron chi connectivity index (χ1n) is 4.68. The van der Waals surface area contributed by atoms with Gasteiger partial charge in [0.2, 0.25) is 0 Å². The molecule has 1 nitrogen and oxygen atoms in total. The molecule has 0 aliphatic rings. The van der Waals surface area contributed by atoms with Crippen molar-refractivity contribution < 1.29 is 4.79 Å². The largest absolute Gasteiger partial charge is 0.300 e. The fourth-order valence-corrected chi connectivity index (χ4v) is 1.46. The van der Waals surface area contributed by atoms with E-state index in [1.165, 1.54) is 19.3 Å². The average Bonchev–Trinajstić information content (AvgIpc) is 1.97. The van der Waals surface area contributed by atoms with E-state index >= 15 is 0 Å². The van der Waals surface area contributed by atoms with Crippen molar-refractivity contribution in [2.24, 2.45) is 0 Å². The Balaban J connectivity index is 3.26. The molecule has 0 aliphatic carbocycles. The molecule has 0 saturated heterocycles. The third-order valence-electron chi connectivity index (χ3n) is 1.76. The van der Waals surface area contributed by atoms with Gasteiger partial charge in [-0.15, -0.1) is 0 Å². The Labute approximate surface area is 80.5 Å². The minimum atomic E-state index is 0.190. The van der Waals surface area contributed by atoms with E-state index in [9.17, 15) is 4.79 Å². The van der Waals surface area contributed by atoms with E-state index in [0.29, 0.717) is 6.42 Å². The van der Waals surface area contributed by atoms with Crippen molar-refractivity contribution >= 4 is 22.9 Å². The van der Waals surface area contributed by atoms with Crippen LogP contribution in [0.5, 0.6) is 0 Å². The van der Waals surface area contributed by atoms with E-state index in [1.807, 2.05) is 0 Å². The molecule has 0 radical (unpaired) electrons. The normalized spacial score (nSPS) is 9.83. The second kappa shape index (κ2) is 7.41. The molecule has 0 spiro atoms. The summed E-state index contributed by atoms with van der Waals surface area (Å²) in [5.41, 5.74) is 0. The molecule has 12 heavy (non-hydrogen) atoms. The van der Waals surface area contributed by atoms with Gasteiger partial charge in [0.1, 0.15) is 5.78 Å². The predicted molar refractivity (Wildman–Crippen MR) is 56.7 cm³/mol. The molecule has 70 valence electrons. The van der Waals surface area contributed by atoms with Crippen molar-refractivity contribution in [2.45, 2.75) is 52.4 Å². The summed E-state index contributed by atoms with van der Waals surface area (Å²) >= 11 is 5.06. The molecule has 0 aromatic heterocycles. The molecular weight excluding hydrogens is 168 g/mol. The van der Waals surface area contributed by atoms with Gasteiger partial charge >= 0.3 is 0 Å². The van der Waals surface area contributed by atoms with Crippen LogP contribution in [0, 0.1) is 0 Å². The first-order chi connectivity index (χ1) is 5.66. The monoisotopic (exact) mass is 186 g/mol. The minimum absolute atomic E-state index is 0.190. The van der Waals surface area contributed by atoms with Crippen LogP contribution in [0.25, 0.3) is 0 Å². The number of ketones is 1. The third-order valence-corrected chi connectivity index (χ3v) is 2.10. The molecule has 0 unspecified atom stereocenters. The van der Waals surface area contributed by atoms with Crippen molar-refractivity contribution in [1.82, 2.24) is 0 Å². The van der Waals surface area contributed by atoms with Crippen molar-refractivity contribution in [3.63, 3.8) is 0 Å². The molecule has 0 rings (SSSR count). The zero-order valence-corrected chi connectivity index (χ0v) is 8.88. The van der Waals surface area contributed by atoms with E-state index in [1.54, 1.807) is 6.92 Å². The van der Waals surface area contributed by atoms with Gasteiger partial charge in [-0.2, -0.15) is 0 Å². The Kier molecular flexibility index (Phi) is 7.26. The van der Waals surface area contributed by atoms with Gasteiger partial charge in [-0.05, 0) is 19.8 Å². The summed E-state index contributed by atoms with van der Waals surface area (Å²) in [6.45, 7) is 3.78. The Bertz CT molecular complexity index is 152. The fraction of sp³-hybridized carbons (Fsp3) is 0.800. The number of hydrogen-bond donors (Lipinski definition) is 0. The van der Waals surface area contributed by atoms with Crippen LogP contribution in [-0.2, 0) is 4.79 Å². The summed E-state index contributed by atoms with van der Waals surface area (Å²) in [5, 5.41) is 0. The number of unbranched alkanes of at least 4 members (excludes halogenated alkanes) is 3. The lowest BCUT2D eigenvalue weighted by atomic mass is 10.1. The van der Waals surface area contributed by atoms with Crippen LogP contribution in [-0.4, -0.2) is 10.6 Å². The topological polar surface area (TPSA) is 17.1 Å².